The van der Waals surface area contributed by atoms with Gasteiger partial charge in [-0.15, -0.1) is 5.10 Å². The van der Waals surface area contributed by atoms with E-state index >= 15 is 0 Å². The number of hydrogen-bond donors (Lipinski definition) is 2. The first-order valence-corrected chi connectivity index (χ1v) is 4.97. The van der Waals surface area contributed by atoms with E-state index in [1.165, 1.54) is 6.33 Å². The van der Waals surface area contributed by atoms with E-state index in [2.05, 4.69) is 25.7 Å². The Bertz CT molecular complexity index is 626. The molecule has 3 aromatic rings. The SMILES string of the molecule is Nc1cn[nH]c1-c1cccc(-n2cnnn2)c1. The van der Waals surface area contributed by atoms with Gasteiger partial charge in [0.15, 0.2) is 0 Å². The molecule has 0 fully saturated rings. The molecule has 0 saturated heterocycles. The van der Waals surface area contributed by atoms with Gasteiger partial charge in [0, 0.05) is 5.56 Å². The third-order valence-electron chi connectivity index (χ3n) is 2.42. The van der Waals surface area contributed by atoms with Crippen molar-refractivity contribution in [1.82, 2.24) is 30.4 Å². The van der Waals surface area contributed by atoms with E-state index in [-0.39, 0.29) is 0 Å². The van der Waals surface area contributed by atoms with Crippen molar-refractivity contribution >= 4 is 5.69 Å². The van der Waals surface area contributed by atoms with Crippen molar-refractivity contribution < 1.29 is 0 Å². The molecule has 17 heavy (non-hydrogen) atoms. The van der Waals surface area contributed by atoms with Gasteiger partial charge >= 0.3 is 0 Å². The van der Waals surface area contributed by atoms with Gasteiger partial charge in [-0.05, 0) is 22.6 Å². The Balaban J connectivity index is 2.09. The highest BCUT2D eigenvalue weighted by Crippen LogP contribution is 2.24. The zero-order chi connectivity index (χ0) is 11.7. The molecular weight excluding hydrogens is 218 g/mol. The Labute approximate surface area is 96.3 Å². The smallest absolute Gasteiger partial charge is 0.143 e. The third-order valence-corrected chi connectivity index (χ3v) is 2.42. The van der Waals surface area contributed by atoms with Gasteiger partial charge in [0.25, 0.3) is 0 Å². The van der Waals surface area contributed by atoms with Crippen LogP contribution in [0.1, 0.15) is 0 Å². The van der Waals surface area contributed by atoms with E-state index in [0.29, 0.717) is 5.69 Å². The lowest BCUT2D eigenvalue weighted by Gasteiger charge is -2.03. The van der Waals surface area contributed by atoms with Crippen molar-refractivity contribution in [2.75, 3.05) is 5.73 Å². The van der Waals surface area contributed by atoms with Gasteiger partial charge < -0.3 is 5.73 Å². The predicted octanol–water partition coefficient (Wildman–Crippen LogP) is 0.635. The minimum Gasteiger partial charge on any atom is -0.396 e. The van der Waals surface area contributed by atoms with Crippen molar-refractivity contribution in [3.05, 3.63) is 36.8 Å². The molecule has 0 spiro atoms. The van der Waals surface area contributed by atoms with Crippen molar-refractivity contribution in [3.8, 4) is 16.9 Å². The van der Waals surface area contributed by atoms with E-state index in [0.717, 1.165) is 16.9 Å². The van der Waals surface area contributed by atoms with E-state index < -0.39 is 0 Å². The van der Waals surface area contributed by atoms with Gasteiger partial charge in [-0.2, -0.15) is 5.10 Å². The molecule has 2 heterocycles. The monoisotopic (exact) mass is 227 g/mol. The number of hydrogen-bond acceptors (Lipinski definition) is 5. The molecule has 1 aromatic carbocycles. The van der Waals surface area contributed by atoms with E-state index in [9.17, 15) is 0 Å². The number of rotatable bonds is 2. The van der Waals surface area contributed by atoms with E-state index in [1.807, 2.05) is 24.3 Å². The molecule has 7 heteroatoms. The topological polar surface area (TPSA) is 98.3 Å². The molecule has 0 aliphatic heterocycles. The molecule has 0 unspecified atom stereocenters. The minimum absolute atomic E-state index is 0.610. The number of nitrogens with two attached hydrogens (primary N) is 1. The van der Waals surface area contributed by atoms with Gasteiger partial charge in [-0.25, -0.2) is 4.68 Å². The summed E-state index contributed by atoms with van der Waals surface area (Å²) in [7, 11) is 0. The number of aromatic nitrogens is 6. The second kappa shape index (κ2) is 3.71. The summed E-state index contributed by atoms with van der Waals surface area (Å²) in [6.07, 6.45) is 3.12. The van der Waals surface area contributed by atoms with Crippen molar-refractivity contribution in [3.63, 3.8) is 0 Å². The van der Waals surface area contributed by atoms with Gasteiger partial charge in [0.1, 0.15) is 6.33 Å². The summed E-state index contributed by atoms with van der Waals surface area (Å²) in [5.41, 5.74) is 9.00. The van der Waals surface area contributed by atoms with Crippen LogP contribution < -0.4 is 5.73 Å². The lowest BCUT2D eigenvalue weighted by Crippen LogP contribution is -1.95. The number of H-pyrrole nitrogens is 1. The Morgan fingerprint density at radius 1 is 1.29 bits per heavy atom. The van der Waals surface area contributed by atoms with Crippen LogP contribution >= 0.6 is 0 Å². The molecule has 3 rings (SSSR count). The molecule has 3 N–H and O–H groups in total. The lowest BCUT2D eigenvalue weighted by atomic mass is 10.1. The Morgan fingerprint density at radius 3 is 2.94 bits per heavy atom. The summed E-state index contributed by atoms with van der Waals surface area (Å²) in [5, 5.41) is 17.8. The minimum atomic E-state index is 0.610. The molecule has 0 aliphatic carbocycles. The average Bonchev–Trinajstić information content (AvgIpc) is 2.99. The third kappa shape index (κ3) is 1.63. The number of aromatic amines is 1. The second-order valence-electron chi connectivity index (χ2n) is 3.51. The zero-order valence-corrected chi connectivity index (χ0v) is 8.78. The number of nitrogen functional groups attached to an aromatic ring is 1. The molecule has 0 saturated carbocycles. The molecule has 2 aromatic heterocycles. The highest BCUT2D eigenvalue weighted by atomic mass is 15.5. The van der Waals surface area contributed by atoms with Crippen LogP contribution in [0.4, 0.5) is 5.69 Å². The summed E-state index contributed by atoms with van der Waals surface area (Å²) >= 11 is 0. The normalized spacial score (nSPS) is 10.6. The van der Waals surface area contributed by atoms with Crippen LogP contribution in [0, 0.1) is 0 Å². The molecule has 0 bridgehead atoms. The first-order chi connectivity index (χ1) is 8.34. The first-order valence-electron chi connectivity index (χ1n) is 4.97. The summed E-state index contributed by atoms with van der Waals surface area (Å²) in [6.45, 7) is 0. The number of nitrogens with zero attached hydrogens (tertiary/aromatic N) is 5. The van der Waals surface area contributed by atoms with E-state index in [1.54, 1.807) is 10.9 Å². The maximum atomic E-state index is 5.80. The zero-order valence-electron chi connectivity index (χ0n) is 8.78. The van der Waals surface area contributed by atoms with Gasteiger partial charge in [-0.3, -0.25) is 5.10 Å². The lowest BCUT2D eigenvalue weighted by molar-refractivity contribution is 0.789. The number of benzene rings is 1. The molecule has 0 radical (unpaired) electrons. The summed E-state index contributed by atoms with van der Waals surface area (Å²) in [5.74, 6) is 0. The van der Waals surface area contributed by atoms with Crippen LogP contribution in [-0.4, -0.2) is 30.4 Å². The van der Waals surface area contributed by atoms with Gasteiger partial charge in [0.2, 0.25) is 0 Å². The highest BCUT2D eigenvalue weighted by molar-refractivity contribution is 5.73. The molecule has 7 nitrogen and oxygen atoms in total. The van der Waals surface area contributed by atoms with Crippen LogP contribution in [0.25, 0.3) is 16.9 Å². The van der Waals surface area contributed by atoms with Gasteiger partial charge in [0.05, 0.1) is 23.3 Å². The molecule has 84 valence electrons. The van der Waals surface area contributed by atoms with Crippen LogP contribution in [0.5, 0.6) is 0 Å². The fourth-order valence-corrected chi connectivity index (χ4v) is 1.61. The maximum Gasteiger partial charge on any atom is 0.143 e. The fourth-order valence-electron chi connectivity index (χ4n) is 1.61. The van der Waals surface area contributed by atoms with Crippen LogP contribution in [-0.2, 0) is 0 Å². The molecule has 0 atom stereocenters. The molecule has 0 amide bonds. The quantitative estimate of drug-likeness (QED) is 0.669. The first kappa shape index (κ1) is 9.52. The highest BCUT2D eigenvalue weighted by Gasteiger charge is 2.06. The van der Waals surface area contributed by atoms with E-state index in [4.69, 9.17) is 5.73 Å². The number of tetrazole rings is 1. The van der Waals surface area contributed by atoms with Crippen LogP contribution in [0.2, 0.25) is 0 Å². The number of nitrogens with one attached hydrogen (secondary N) is 1. The predicted molar refractivity (Wildman–Crippen MR) is 61.1 cm³/mol. The summed E-state index contributed by atoms with van der Waals surface area (Å²) in [6, 6.07) is 7.69. The molecule has 0 aliphatic rings. The Kier molecular flexibility index (Phi) is 2.08. The van der Waals surface area contributed by atoms with Crippen LogP contribution in [0.15, 0.2) is 36.8 Å². The second-order valence-corrected chi connectivity index (χ2v) is 3.51. The van der Waals surface area contributed by atoms with Crippen molar-refractivity contribution in [2.45, 2.75) is 0 Å². The largest absolute Gasteiger partial charge is 0.396 e. The van der Waals surface area contributed by atoms with Crippen LogP contribution in [0.3, 0.4) is 0 Å². The average molecular weight is 227 g/mol. The Morgan fingerprint density at radius 2 is 2.24 bits per heavy atom. The standard InChI is InChI=1S/C10H9N7/c11-9-5-12-14-10(9)7-2-1-3-8(4-7)17-6-13-15-16-17/h1-6H,11H2,(H,12,14). The van der Waals surface area contributed by atoms with Crippen molar-refractivity contribution in [2.24, 2.45) is 0 Å². The fraction of sp³-hybridized carbons (Fsp3) is 0. The summed E-state index contributed by atoms with van der Waals surface area (Å²) in [4.78, 5) is 0. The Hall–Kier alpha value is -2.70. The maximum absolute atomic E-state index is 5.80. The molecular formula is C10H9N7. The number of anilines is 1. The summed E-state index contributed by atoms with van der Waals surface area (Å²) < 4.78 is 1.58. The van der Waals surface area contributed by atoms with Gasteiger partial charge in [-0.1, -0.05) is 12.1 Å². The van der Waals surface area contributed by atoms with Crippen molar-refractivity contribution in [1.29, 1.82) is 0 Å².